The van der Waals surface area contributed by atoms with Crippen molar-refractivity contribution in [1.29, 1.82) is 0 Å². The summed E-state index contributed by atoms with van der Waals surface area (Å²) in [5, 5.41) is 12.6. The number of carbonyl (C=O) groups is 1. The molecule has 2 rings (SSSR count). The van der Waals surface area contributed by atoms with Crippen LogP contribution in [0.15, 0.2) is 33.8 Å². The van der Waals surface area contributed by atoms with Gasteiger partial charge in [-0.05, 0) is 34.1 Å². The van der Waals surface area contributed by atoms with Gasteiger partial charge in [-0.3, -0.25) is 4.72 Å². The minimum absolute atomic E-state index is 0.00900. The molecule has 0 atom stereocenters. The summed E-state index contributed by atoms with van der Waals surface area (Å²) in [7, 11) is -3.82. The van der Waals surface area contributed by atoms with Gasteiger partial charge in [0.15, 0.2) is 0 Å². The molecule has 0 aliphatic rings. The summed E-state index contributed by atoms with van der Waals surface area (Å²) < 4.78 is 30.1. The predicted molar refractivity (Wildman–Crippen MR) is 71.8 cm³/mol. The molecule has 1 aromatic heterocycles. The first kappa shape index (κ1) is 13.9. The maximum atomic E-state index is 12.1. The first-order chi connectivity index (χ1) is 8.90. The Kier molecular flexibility index (Phi) is 3.83. The average molecular weight is 364 g/mol. The van der Waals surface area contributed by atoms with Gasteiger partial charge in [0.1, 0.15) is 9.90 Å². The summed E-state index contributed by atoms with van der Waals surface area (Å²) in [5.41, 5.74) is -0.00900. The van der Waals surface area contributed by atoms with Crippen LogP contribution in [0.4, 0.5) is 5.00 Å². The van der Waals surface area contributed by atoms with Gasteiger partial charge in [0.2, 0.25) is 0 Å². The van der Waals surface area contributed by atoms with E-state index in [-0.39, 0.29) is 19.9 Å². The van der Waals surface area contributed by atoms with Gasteiger partial charge in [-0.2, -0.15) is 0 Å². The van der Waals surface area contributed by atoms with Crippen LogP contribution in [0.3, 0.4) is 0 Å². The molecule has 0 amide bonds. The van der Waals surface area contributed by atoms with Crippen molar-refractivity contribution in [3.05, 3.63) is 34.4 Å². The van der Waals surface area contributed by atoms with Crippen molar-refractivity contribution >= 4 is 48.5 Å². The second-order valence-corrected chi connectivity index (χ2v) is 6.63. The topological polar surface area (TPSA) is 109 Å². The Balaban J connectivity index is 2.38. The Hall–Kier alpha value is -1.52. The number of rotatable bonds is 4. The number of nitrogens with zero attached hydrogens (tertiary/aromatic N) is 2. The normalized spacial score (nSPS) is 11.2. The fourth-order valence-corrected chi connectivity index (χ4v) is 4.01. The predicted octanol–water partition coefficient (Wildman–Crippen LogP) is 1.80. The summed E-state index contributed by atoms with van der Waals surface area (Å²) in [5.74, 6) is -1.13. The third-order valence-corrected chi connectivity index (χ3v) is 5.12. The van der Waals surface area contributed by atoms with Crippen LogP contribution in [-0.2, 0) is 10.0 Å². The fourth-order valence-electron chi connectivity index (χ4n) is 1.25. The summed E-state index contributed by atoms with van der Waals surface area (Å²) >= 11 is 3.94. The van der Waals surface area contributed by atoms with E-state index in [0.717, 1.165) is 11.5 Å². The number of nitrogens with one attached hydrogen (secondary N) is 1. The molecular formula is C9H6BrN3O4S2. The molecule has 0 aliphatic carbocycles. The molecule has 10 heteroatoms. The third kappa shape index (κ3) is 3.08. The lowest BCUT2D eigenvalue weighted by molar-refractivity contribution is 0.0696. The van der Waals surface area contributed by atoms with Gasteiger partial charge in [-0.1, -0.05) is 4.49 Å². The van der Waals surface area contributed by atoms with Gasteiger partial charge in [-0.25, -0.2) is 13.2 Å². The Morgan fingerprint density at radius 2 is 2.16 bits per heavy atom. The van der Waals surface area contributed by atoms with Crippen LogP contribution in [0.1, 0.15) is 10.4 Å². The zero-order valence-corrected chi connectivity index (χ0v) is 12.3. The number of carboxylic acid groups (broad SMARTS) is 1. The summed E-state index contributed by atoms with van der Waals surface area (Å²) in [6.07, 6.45) is 1.28. The lowest BCUT2D eigenvalue weighted by atomic mass is 10.2. The van der Waals surface area contributed by atoms with Crippen LogP contribution < -0.4 is 4.72 Å². The molecule has 0 saturated heterocycles. The average Bonchev–Trinajstić information content (AvgIpc) is 2.80. The first-order valence-corrected chi connectivity index (χ1v) is 7.78. The van der Waals surface area contributed by atoms with Gasteiger partial charge in [-0.15, -0.1) is 5.10 Å². The first-order valence-electron chi connectivity index (χ1n) is 4.73. The number of hydrogen-bond acceptors (Lipinski definition) is 6. The summed E-state index contributed by atoms with van der Waals surface area (Å²) in [6.45, 7) is 0. The highest BCUT2D eigenvalue weighted by atomic mass is 79.9. The van der Waals surface area contributed by atoms with E-state index in [1.54, 1.807) is 0 Å². The molecule has 0 saturated carbocycles. The van der Waals surface area contributed by atoms with Crippen LogP contribution in [-0.4, -0.2) is 29.1 Å². The molecule has 1 heterocycles. The molecule has 100 valence electrons. The molecule has 0 unspecified atom stereocenters. The number of benzene rings is 1. The highest BCUT2D eigenvalue weighted by molar-refractivity contribution is 9.10. The second kappa shape index (κ2) is 5.23. The molecule has 7 nitrogen and oxygen atoms in total. The quantitative estimate of drug-likeness (QED) is 0.856. The number of sulfonamides is 1. The molecule has 0 radical (unpaired) electrons. The standard InChI is InChI=1S/C9H6BrN3O4S2/c10-6-3-5(9(14)15)1-2-7(6)19(16,17)12-8-4-11-13-18-8/h1-4,12H,(H,14,15). The molecule has 19 heavy (non-hydrogen) atoms. The van der Waals surface area contributed by atoms with Crippen LogP contribution in [0, 0.1) is 0 Å². The van der Waals surface area contributed by atoms with Crippen LogP contribution in [0.2, 0.25) is 0 Å². The molecule has 0 aliphatic heterocycles. The zero-order chi connectivity index (χ0) is 14.0. The highest BCUT2D eigenvalue weighted by Crippen LogP contribution is 2.26. The SMILES string of the molecule is O=C(O)c1ccc(S(=O)(=O)Nc2cnns2)c(Br)c1. The lowest BCUT2D eigenvalue weighted by Gasteiger charge is -2.07. The van der Waals surface area contributed by atoms with Crippen molar-refractivity contribution in [3.8, 4) is 0 Å². The number of carboxylic acids is 1. The van der Waals surface area contributed by atoms with E-state index in [2.05, 4.69) is 30.2 Å². The van der Waals surface area contributed by atoms with Gasteiger partial charge in [0.25, 0.3) is 10.0 Å². The van der Waals surface area contributed by atoms with Crippen LogP contribution in [0.5, 0.6) is 0 Å². The molecule has 0 bridgehead atoms. The van der Waals surface area contributed by atoms with E-state index in [1.807, 2.05) is 0 Å². The van der Waals surface area contributed by atoms with Crippen molar-refractivity contribution in [2.45, 2.75) is 4.90 Å². The largest absolute Gasteiger partial charge is 0.478 e. The zero-order valence-electron chi connectivity index (χ0n) is 9.07. The van der Waals surface area contributed by atoms with Crippen molar-refractivity contribution < 1.29 is 18.3 Å². The number of halogens is 1. The monoisotopic (exact) mass is 363 g/mol. The van der Waals surface area contributed by atoms with E-state index in [1.165, 1.54) is 24.4 Å². The van der Waals surface area contributed by atoms with Crippen molar-refractivity contribution in [1.82, 2.24) is 9.59 Å². The number of aromatic nitrogens is 2. The Morgan fingerprint density at radius 1 is 1.42 bits per heavy atom. The lowest BCUT2D eigenvalue weighted by Crippen LogP contribution is -2.13. The Morgan fingerprint density at radius 3 is 2.68 bits per heavy atom. The second-order valence-electron chi connectivity index (χ2n) is 3.34. The maximum absolute atomic E-state index is 12.1. The summed E-state index contributed by atoms with van der Waals surface area (Å²) in [6, 6.07) is 3.65. The van der Waals surface area contributed by atoms with Gasteiger partial charge >= 0.3 is 5.97 Å². The van der Waals surface area contributed by atoms with Crippen molar-refractivity contribution in [3.63, 3.8) is 0 Å². The van der Waals surface area contributed by atoms with E-state index < -0.39 is 16.0 Å². The highest BCUT2D eigenvalue weighted by Gasteiger charge is 2.20. The maximum Gasteiger partial charge on any atom is 0.335 e. The molecular weight excluding hydrogens is 358 g/mol. The molecule has 2 N–H and O–H groups in total. The van der Waals surface area contributed by atoms with Gasteiger partial charge in [0.05, 0.1) is 11.8 Å². The van der Waals surface area contributed by atoms with E-state index in [0.29, 0.717) is 0 Å². The summed E-state index contributed by atoms with van der Waals surface area (Å²) in [4.78, 5) is 10.7. The molecule has 2 aromatic rings. The molecule has 1 aromatic carbocycles. The smallest absolute Gasteiger partial charge is 0.335 e. The van der Waals surface area contributed by atoms with E-state index in [4.69, 9.17) is 5.11 Å². The van der Waals surface area contributed by atoms with E-state index >= 15 is 0 Å². The van der Waals surface area contributed by atoms with Crippen molar-refractivity contribution in [2.24, 2.45) is 0 Å². The fraction of sp³-hybridized carbons (Fsp3) is 0. The van der Waals surface area contributed by atoms with Crippen molar-refractivity contribution in [2.75, 3.05) is 4.72 Å². The Bertz CT molecular complexity index is 715. The minimum Gasteiger partial charge on any atom is -0.478 e. The Labute approximate surface area is 120 Å². The van der Waals surface area contributed by atoms with Crippen LogP contribution in [0.25, 0.3) is 0 Å². The van der Waals surface area contributed by atoms with Gasteiger partial charge in [0, 0.05) is 16.0 Å². The van der Waals surface area contributed by atoms with Gasteiger partial charge < -0.3 is 5.11 Å². The molecule has 0 spiro atoms. The minimum atomic E-state index is -3.82. The molecule has 0 fully saturated rings. The number of aromatic carboxylic acids is 1. The third-order valence-electron chi connectivity index (χ3n) is 2.06. The number of anilines is 1. The van der Waals surface area contributed by atoms with Crippen LogP contribution >= 0.6 is 27.5 Å². The number of hydrogen-bond donors (Lipinski definition) is 2. The van der Waals surface area contributed by atoms with E-state index in [9.17, 15) is 13.2 Å².